The quantitative estimate of drug-likeness (QED) is 0.342. The van der Waals surface area contributed by atoms with Crippen molar-refractivity contribution in [2.75, 3.05) is 26.2 Å². The highest BCUT2D eigenvalue weighted by Gasteiger charge is 2.02. The van der Waals surface area contributed by atoms with Gasteiger partial charge in [-0.1, -0.05) is 36.4 Å². The summed E-state index contributed by atoms with van der Waals surface area (Å²) in [6.45, 7) is 6.96. The highest BCUT2D eigenvalue weighted by atomic mass is 127. The second-order valence-corrected chi connectivity index (χ2v) is 4.74. The number of benzene rings is 2. The molecule has 5 heteroatoms. The Morgan fingerprint density at radius 1 is 1.09 bits per heavy atom. The number of nitrogens with two attached hydrogens (primary N) is 1. The summed E-state index contributed by atoms with van der Waals surface area (Å²) in [6, 6.07) is 14.3. The lowest BCUT2D eigenvalue weighted by atomic mass is 10.1. The Morgan fingerprint density at radius 2 is 1.77 bits per heavy atom. The first kappa shape index (κ1) is 18.5. The molecule has 0 bridgehead atoms. The summed E-state index contributed by atoms with van der Waals surface area (Å²) in [5.41, 5.74) is 5.93. The van der Waals surface area contributed by atoms with E-state index >= 15 is 0 Å². The first-order valence-electron chi connectivity index (χ1n) is 7.41. The van der Waals surface area contributed by atoms with Gasteiger partial charge in [0.2, 0.25) is 0 Å². The molecular formula is C17H24IN3O. The largest absolute Gasteiger partial charge is 0.491 e. The predicted molar refractivity (Wildman–Crippen MR) is 104 cm³/mol. The summed E-state index contributed by atoms with van der Waals surface area (Å²) < 4.78 is 5.84. The van der Waals surface area contributed by atoms with Crippen molar-refractivity contribution in [1.29, 1.82) is 0 Å². The predicted octanol–water partition coefficient (Wildman–Crippen LogP) is 3.49. The van der Waals surface area contributed by atoms with Crippen molar-refractivity contribution in [2.24, 2.45) is 10.7 Å². The van der Waals surface area contributed by atoms with Crippen LogP contribution in [0.4, 0.5) is 0 Å². The Labute approximate surface area is 149 Å². The standard InChI is InChI=1S/C17H23N3O.HI/c1-3-20(4-2)17(18)19-12-13-21-16-11-7-9-14-8-5-6-10-15(14)16;/h5-11H,3-4,12-13H2,1-2H3,(H2,18,19);1H. The smallest absolute Gasteiger partial charge is 0.191 e. The van der Waals surface area contributed by atoms with Crippen LogP contribution in [0.3, 0.4) is 0 Å². The molecule has 4 nitrogen and oxygen atoms in total. The topological polar surface area (TPSA) is 50.8 Å². The number of aliphatic imine (C=N–C) groups is 1. The van der Waals surface area contributed by atoms with Gasteiger partial charge in [-0.25, -0.2) is 4.99 Å². The molecule has 0 saturated carbocycles. The molecular weight excluding hydrogens is 389 g/mol. The molecule has 0 spiro atoms. The second kappa shape index (κ2) is 9.50. The minimum Gasteiger partial charge on any atom is -0.491 e. The number of rotatable bonds is 6. The first-order valence-corrected chi connectivity index (χ1v) is 7.41. The lowest BCUT2D eigenvalue weighted by Gasteiger charge is -2.19. The normalized spacial score (nSPS) is 11.1. The maximum absolute atomic E-state index is 5.93. The molecule has 0 atom stereocenters. The molecule has 0 unspecified atom stereocenters. The Hall–Kier alpha value is -1.50. The van der Waals surface area contributed by atoms with Crippen molar-refractivity contribution in [3.63, 3.8) is 0 Å². The minimum absolute atomic E-state index is 0. The summed E-state index contributed by atoms with van der Waals surface area (Å²) in [7, 11) is 0. The lowest BCUT2D eigenvalue weighted by Crippen LogP contribution is -2.37. The maximum Gasteiger partial charge on any atom is 0.191 e. The number of hydrogen-bond acceptors (Lipinski definition) is 2. The van der Waals surface area contributed by atoms with E-state index in [4.69, 9.17) is 10.5 Å². The van der Waals surface area contributed by atoms with Crippen molar-refractivity contribution in [1.82, 2.24) is 4.90 Å². The number of fused-ring (bicyclic) bond motifs is 1. The molecule has 0 aliphatic heterocycles. The van der Waals surface area contributed by atoms with Gasteiger partial charge in [-0.05, 0) is 25.3 Å². The molecule has 0 aromatic heterocycles. The molecule has 0 fully saturated rings. The van der Waals surface area contributed by atoms with Crippen LogP contribution in [0, 0.1) is 0 Å². The third-order valence-electron chi connectivity index (χ3n) is 3.46. The minimum atomic E-state index is 0. The zero-order chi connectivity index (χ0) is 15.1. The zero-order valence-electron chi connectivity index (χ0n) is 13.2. The van der Waals surface area contributed by atoms with Gasteiger partial charge in [0.1, 0.15) is 12.4 Å². The van der Waals surface area contributed by atoms with E-state index < -0.39 is 0 Å². The molecule has 120 valence electrons. The fraction of sp³-hybridized carbons (Fsp3) is 0.353. The van der Waals surface area contributed by atoms with Gasteiger partial charge in [-0.3, -0.25) is 0 Å². The van der Waals surface area contributed by atoms with Crippen LogP contribution in [-0.2, 0) is 0 Å². The van der Waals surface area contributed by atoms with Gasteiger partial charge in [0.05, 0.1) is 6.54 Å². The molecule has 2 aromatic rings. The molecule has 2 aromatic carbocycles. The monoisotopic (exact) mass is 413 g/mol. The Balaban J connectivity index is 0.00000242. The van der Waals surface area contributed by atoms with Gasteiger partial charge < -0.3 is 15.4 Å². The molecule has 0 saturated heterocycles. The average Bonchev–Trinajstić information content (AvgIpc) is 2.53. The molecule has 22 heavy (non-hydrogen) atoms. The van der Waals surface area contributed by atoms with E-state index in [-0.39, 0.29) is 24.0 Å². The van der Waals surface area contributed by atoms with E-state index in [2.05, 4.69) is 37.0 Å². The molecule has 0 aliphatic rings. The fourth-order valence-corrected chi connectivity index (χ4v) is 2.28. The Bertz CT molecular complexity index is 606. The lowest BCUT2D eigenvalue weighted by molar-refractivity contribution is 0.331. The summed E-state index contributed by atoms with van der Waals surface area (Å²) in [4.78, 5) is 6.38. The number of nitrogens with zero attached hydrogens (tertiary/aromatic N) is 2. The van der Waals surface area contributed by atoms with Gasteiger partial charge in [-0.15, -0.1) is 24.0 Å². The van der Waals surface area contributed by atoms with E-state index in [9.17, 15) is 0 Å². The SMILES string of the molecule is CCN(CC)C(N)=NCCOc1cccc2ccccc12.I. The fourth-order valence-electron chi connectivity index (χ4n) is 2.28. The molecule has 2 N–H and O–H groups in total. The Kier molecular flexibility index (Phi) is 8.01. The first-order chi connectivity index (χ1) is 10.3. The van der Waals surface area contributed by atoms with Crippen LogP contribution in [0.15, 0.2) is 47.5 Å². The third-order valence-corrected chi connectivity index (χ3v) is 3.46. The van der Waals surface area contributed by atoms with Crippen LogP contribution < -0.4 is 10.5 Å². The van der Waals surface area contributed by atoms with Crippen LogP contribution in [0.25, 0.3) is 10.8 Å². The number of hydrogen-bond donors (Lipinski definition) is 1. The second-order valence-electron chi connectivity index (χ2n) is 4.74. The summed E-state index contributed by atoms with van der Waals surface area (Å²) >= 11 is 0. The summed E-state index contributed by atoms with van der Waals surface area (Å²) in [5, 5.41) is 2.31. The summed E-state index contributed by atoms with van der Waals surface area (Å²) in [5.74, 6) is 1.48. The number of halogens is 1. The molecule has 0 amide bonds. The van der Waals surface area contributed by atoms with Crippen molar-refractivity contribution in [3.05, 3.63) is 42.5 Å². The van der Waals surface area contributed by atoms with Crippen LogP contribution in [-0.4, -0.2) is 37.1 Å². The van der Waals surface area contributed by atoms with Crippen LogP contribution in [0.2, 0.25) is 0 Å². The van der Waals surface area contributed by atoms with Crippen molar-refractivity contribution in [3.8, 4) is 5.75 Å². The maximum atomic E-state index is 5.93. The van der Waals surface area contributed by atoms with Gasteiger partial charge in [0, 0.05) is 18.5 Å². The third kappa shape index (κ3) is 4.76. The highest BCUT2D eigenvalue weighted by molar-refractivity contribution is 14.0. The molecule has 2 rings (SSSR count). The highest BCUT2D eigenvalue weighted by Crippen LogP contribution is 2.24. The van der Waals surface area contributed by atoms with Gasteiger partial charge in [0.15, 0.2) is 5.96 Å². The van der Waals surface area contributed by atoms with E-state index in [1.807, 2.05) is 29.2 Å². The molecule has 0 aliphatic carbocycles. The van der Waals surface area contributed by atoms with Crippen LogP contribution >= 0.6 is 24.0 Å². The van der Waals surface area contributed by atoms with E-state index in [0.717, 1.165) is 24.2 Å². The van der Waals surface area contributed by atoms with E-state index in [0.29, 0.717) is 19.1 Å². The van der Waals surface area contributed by atoms with Gasteiger partial charge >= 0.3 is 0 Å². The van der Waals surface area contributed by atoms with Gasteiger partial charge in [0.25, 0.3) is 0 Å². The number of ether oxygens (including phenoxy) is 1. The zero-order valence-corrected chi connectivity index (χ0v) is 15.5. The van der Waals surface area contributed by atoms with Crippen molar-refractivity contribution < 1.29 is 4.74 Å². The van der Waals surface area contributed by atoms with E-state index in [1.165, 1.54) is 5.39 Å². The van der Waals surface area contributed by atoms with E-state index in [1.54, 1.807) is 0 Å². The van der Waals surface area contributed by atoms with Gasteiger partial charge in [-0.2, -0.15) is 0 Å². The summed E-state index contributed by atoms with van der Waals surface area (Å²) in [6.07, 6.45) is 0. The Morgan fingerprint density at radius 3 is 2.50 bits per heavy atom. The average molecular weight is 413 g/mol. The van der Waals surface area contributed by atoms with Crippen LogP contribution in [0.1, 0.15) is 13.8 Å². The van der Waals surface area contributed by atoms with Crippen LogP contribution in [0.5, 0.6) is 5.75 Å². The molecule has 0 heterocycles. The van der Waals surface area contributed by atoms with Crippen molar-refractivity contribution in [2.45, 2.75) is 13.8 Å². The van der Waals surface area contributed by atoms with Crippen molar-refractivity contribution >= 4 is 40.7 Å². The molecule has 0 radical (unpaired) electrons. The number of guanidine groups is 1.